The summed E-state index contributed by atoms with van der Waals surface area (Å²) in [5.74, 6) is -0.240. The summed E-state index contributed by atoms with van der Waals surface area (Å²) in [7, 11) is 0. The fourth-order valence-electron chi connectivity index (χ4n) is 3.59. The second kappa shape index (κ2) is 7.07. The lowest BCUT2D eigenvalue weighted by atomic mass is 10.00. The molecule has 1 fully saturated rings. The molecule has 1 saturated heterocycles. The first-order valence-electron chi connectivity index (χ1n) is 8.70. The number of rotatable bonds is 4. The molecule has 1 N–H and O–H groups in total. The maximum Gasteiger partial charge on any atom is 0.227 e. The number of carbonyl (C=O) groups is 1. The second-order valence-electron chi connectivity index (χ2n) is 6.46. The van der Waals surface area contributed by atoms with E-state index in [2.05, 4.69) is 15.2 Å². The number of hydrogen-bond acceptors (Lipinski definition) is 3. The van der Waals surface area contributed by atoms with Gasteiger partial charge in [0.1, 0.15) is 5.82 Å². The molecule has 0 radical (unpaired) electrons. The van der Waals surface area contributed by atoms with Crippen LogP contribution in [0.4, 0.5) is 4.39 Å². The van der Waals surface area contributed by atoms with Crippen molar-refractivity contribution < 1.29 is 9.18 Å². The van der Waals surface area contributed by atoms with Crippen molar-refractivity contribution in [2.75, 3.05) is 6.54 Å². The number of aromatic nitrogens is 3. The minimum absolute atomic E-state index is 0.0505. The number of amides is 1. The third-order valence-electron chi connectivity index (χ3n) is 4.82. The van der Waals surface area contributed by atoms with E-state index in [4.69, 9.17) is 0 Å². The number of likely N-dealkylation sites (tertiary alicyclic amines) is 1. The third kappa shape index (κ3) is 3.10. The van der Waals surface area contributed by atoms with Crippen molar-refractivity contribution >= 4 is 5.91 Å². The van der Waals surface area contributed by atoms with E-state index >= 15 is 0 Å². The standard InChI is InChI=1S/C20H19FN4O/c21-17-7-2-1-6-15(17)16-13-23-24-20(16)18-8-4-10-25(18)19(26)11-14-5-3-9-22-12-14/h1-3,5-7,9,12-13,18H,4,8,10-11H2,(H,23,24). The summed E-state index contributed by atoms with van der Waals surface area (Å²) in [6, 6.07) is 10.3. The van der Waals surface area contributed by atoms with Crippen LogP contribution >= 0.6 is 0 Å². The Hall–Kier alpha value is -3.02. The average molecular weight is 350 g/mol. The molecule has 1 aliphatic heterocycles. The minimum Gasteiger partial charge on any atom is -0.334 e. The molecule has 0 aliphatic carbocycles. The molecule has 6 heteroatoms. The molecular weight excluding hydrogens is 331 g/mol. The number of benzene rings is 1. The number of carbonyl (C=O) groups excluding carboxylic acids is 1. The van der Waals surface area contributed by atoms with E-state index in [1.165, 1.54) is 6.07 Å². The van der Waals surface area contributed by atoms with Gasteiger partial charge in [-0.2, -0.15) is 5.10 Å². The van der Waals surface area contributed by atoms with Gasteiger partial charge in [0.25, 0.3) is 0 Å². The summed E-state index contributed by atoms with van der Waals surface area (Å²) >= 11 is 0. The molecule has 1 aliphatic rings. The van der Waals surface area contributed by atoms with Crippen LogP contribution < -0.4 is 0 Å². The molecule has 26 heavy (non-hydrogen) atoms. The van der Waals surface area contributed by atoms with Gasteiger partial charge in [0.05, 0.1) is 24.4 Å². The molecule has 2 aromatic heterocycles. The Morgan fingerprint density at radius 1 is 1.19 bits per heavy atom. The largest absolute Gasteiger partial charge is 0.334 e. The Labute approximate surface area is 150 Å². The lowest BCUT2D eigenvalue weighted by Crippen LogP contribution is -2.32. The molecule has 1 amide bonds. The van der Waals surface area contributed by atoms with Crippen LogP contribution in [0.5, 0.6) is 0 Å². The van der Waals surface area contributed by atoms with E-state index in [0.29, 0.717) is 24.1 Å². The average Bonchev–Trinajstić information content (AvgIpc) is 3.32. The number of aromatic amines is 1. The van der Waals surface area contributed by atoms with Crippen LogP contribution in [0.25, 0.3) is 11.1 Å². The predicted molar refractivity (Wildman–Crippen MR) is 95.6 cm³/mol. The molecule has 0 saturated carbocycles. The molecule has 3 heterocycles. The number of hydrogen-bond donors (Lipinski definition) is 1. The third-order valence-corrected chi connectivity index (χ3v) is 4.82. The first-order valence-corrected chi connectivity index (χ1v) is 8.70. The highest BCUT2D eigenvalue weighted by molar-refractivity contribution is 5.80. The maximum absolute atomic E-state index is 14.2. The summed E-state index contributed by atoms with van der Waals surface area (Å²) < 4.78 is 14.2. The van der Waals surface area contributed by atoms with Crippen molar-refractivity contribution in [3.63, 3.8) is 0 Å². The van der Waals surface area contributed by atoms with Crippen LogP contribution in [0, 0.1) is 5.82 Å². The number of nitrogens with one attached hydrogen (secondary N) is 1. The van der Waals surface area contributed by atoms with E-state index in [1.54, 1.807) is 36.8 Å². The quantitative estimate of drug-likeness (QED) is 0.783. The van der Waals surface area contributed by atoms with Crippen LogP contribution in [0.15, 0.2) is 55.0 Å². The molecule has 0 bridgehead atoms. The summed E-state index contributed by atoms with van der Waals surface area (Å²) in [6.07, 6.45) is 7.10. The Kier molecular flexibility index (Phi) is 4.48. The molecule has 4 rings (SSSR count). The molecule has 1 unspecified atom stereocenters. The van der Waals surface area contributed by atoms with Gasteiger partial charge >= 0.3 is 0 Å². The van der Waals surface area contributed by atoms with Crippen LogP contribution in [0.1, 0.15) is 30.1 Å². The SMILES string of the molecule is O=C(Cc1cccnc1)N1CCCC1c1[nH]ncc1-c1ccccc1F. The number of H-pyrrole nitrogens is 1. The van der Waals surface area contributed by atoms with Crippen LogP contribution in [-0.4, -0.2) is 32.5 Å². The smallest absolute Gasteiger partial charge is 0.227 e. The van der Waals surface area contributed by atoms with Crippen LogP contribution in [-0.2, 0) is 11.2 Å². The monoisotopic (exact) mass is 350 g/mol. The molecule has 132 valence electrons. The molecule has 1 atom stereocenters. The Morgan fingerprint density at radius 2 is 2.08 bits per heavy atom. The summed E-state index contributed by atoms with van der Waals surface area (Å²) in [5.41, 5.74) is 2.91. The molecule has 5 nitrogen and oxygen atoms in total. The lowest BCUT2D eigenvalue weighted by Gasteiger charge is -2.25. The highest BCUT2D eigenvalue weighted by Gasteiger charge is 2.33. The van der Waals surface area contributed by atoms with Gasteiger partial charge in [-0.15, -0.1) is 0 Å². The maximum atomic E-state index is 14.2. The van der Waals surface area contributed by atoms with Crippen molar-refractivity contribution in [1.82, 2.24) is 20.1 Å². The van der Waals surface area contributed by atoms with E-state index in [1.807, 2.05) is 17.0 Å². The van der Waals surface area contributed by atoms with E-state index < -0.39 is 0 Å². The Morgan fingerprint density at radius 3 is 2.88 bits per heavy atom. The first kappa shape index (κ1) is 16.4. The summed E-state index contributed by atoms with van der Waals surface area (Å²) in [5, 5.41) is 7.12. The van der Waals surface area contributed by atoms with Crippen molar-refractivity contribution in [1.29, 1.82) is 0 Å². The zero-order valence-electron chi connectivity index (χ0n) is 14.2. The highest BCUT2D eigenvalue weighted by Crippen LogP contribution is 2.37. The van der Waals surface area contributed by atoms with Crippen molar-refractivity contribution in [2.24, 2.45) is 0 Å². The van der Waals surface area contributed by atoms with Crippen LogP contribution in [0.3, 0.4) is 0 Å². The van der Waals surface area contributed by atoms with E-state index in [-0.39, 0.29) is 17.8 Å². The van der Waals surface area contributed by atoms with Crippen molar-refractivity contribution in [3.8, 4) is 11.1 Å². The molecule has 1 aromatic carbocycles. The summed E-state index contributed by atoms with van der Waals surface area (Å²) in [6.45, 7) is 0.694. The molecular formula is C20H19FN4O. The fraction of sp³-hybridized carbons (Fsp3) is 0.250. The summed E-state index contributed by atoms with van der Waals surface area (Å²) in [4.78, 5) is 18.8. The highest BCUT2D eigenvalue weighted by atomic mass is 19.1. The van der Waals surface area contributed by atoms with E-state index in [0.717, 1.165) is 24.1 Å². The lowest BCUT2D eigenvalue weighted by molar-refractivity contribution is -0.131. The van der Waals surface area contributed by atoms with Gasteiger partial charge in [0.2, 0.25) is 5.91 Å². The number of nitrogens with zero attached hydrogens (tertiary/aromatic N) is 3. The van der Waals surface area contributed by atoms with Crippen molar-refractivity contribution in [2.45, 2.75) is 25.3 Å². The van der Waals surface area contributed by atoms with Gasteiger partial charge in [-0.3, -0.25) is 14.9 Å². The minimum atomic E-state index is -0.290. The zero-order chi connectivity index (χ0) is 17.9. The van der Waals surface area contributed by atoms with Gasteiger partial charge in [0.15, 0.2) is 0 Å². The van der Waals surface area contributed by atoms with Gasteiger partial charge in [-0.1, -0.05) is 24.3 Å². The normalized spacial score (nSPS) is 16.8. The Bertz CT molecular complexity index is 909. The number of halogens is 1. The number of pyridine rings is 1. The second-order valence-corrected chi connectivity index (χ2v) is 6.46. The fourth-order valence-corrected chi connectivity index (χ4v) is 3.59. The molecule has 3 aromatic rings. The van der Waals surface area contributed by atoms with Gasteiger partial charge in [-0.25, -0.2) is 4.39 Å². The molecule has 0 spiro atoms. The Balaban J connectivity index is 1.61. The first-order chi connectivity index (χ1) is 12.7. The van der Waals surface area contributed by atoms with Crippen LogP contribution in [0.2, 0.25) is 0 Å². The van der Waals surface area contributed by atoms with Gasteiger partial charge < -0.3 is 4.90 Å². The van der Waals surface area contributed by atoms with E-state index in [9.17, 15) is 9.18 Å². The van der Waals surface area contributed by atoms with Crippen molar-refractivity contribution in [3.05, 3.63) is 72.1 Å². The zero-order valence-corrected chi connectivity index (χ0v) is 14.2. The predicted octanol–water partition coefficient (Wildman–Crippen LogP) is 3.52. The van der Waals surface area contributed by atoms with Gasteiger partial charge in [-0.05, 0) is 30.5 Å². The topological polar surface area (TPSA) is 61.9 Å². The van der Waals surface area contributed by atoms with Gasteiger partial charge in [0, 0.05) is 30.1 Å².